The van der Waals surface area contributed by atoms with Crippen LogP contribution in [0.1, 0.15) is 19.3 Å². The van der Waals surface area contributed by atoms with Crippen LogP contribution < -0.4 is 5.32 Å². The molecule has 5 heteroatoms. The topological polar surface area (TPSA) is 31.0 Å². The van der Waals surface area contributed by atoms with Crippen LogP contribution in [-0.4, -0.2) is 100 Å². The van der Waals surface area contributed by atoms with Gasteiger partial charge in [-0.3, -0.25) is 9.80 Å². The molecule has 2 saturated heterocycles. The predicted molar refractivity (Wildman–Crippen MR) is 87.9 cm³/mol. The largest absolute Gasteiger partial charge is 0.383 e. The Kier molecular flexibility index (Phi) is 7.96. The number of rotatable bonds is 8. The minimum absolute atomic E-state index is 0.725. The Morgan fingerprint density at radius 3 is 2.62 bits per heavy atom. The third-order valence-corrected chi connectivity index (χ3v) is 4.91. The molecule has 2 aliphatic rings. The van der Waals surface area contributed by atoms with E-state index < -0.39 is 0 Å². The van der Waals surface area contributed by atoms with E-state index in [1.165, 1.54) is 65.1 Å². The lowest BCUT2D eigenvalue weighted by atomic mass is 10.0. The van der Waals surface area contributed by atoms with E-state index in [0.717, 1.165) is 25.7 Å². The molecular formula is C16H34N4O. The molecule has 124 valence electrons. The first-order valence-electron chi connectivity index (χ1n) is 8.64. The SMILES string of the molecule is COCCNCC1CCCCN1CCN1CCN(C)CC1. The first-order chi connectivity index (χ1) is 10.3. The van der Waals surface area contributed by atoms with Crippen molar-refractivity contribution in [2.45, 2.75) is 25.3 Å². The van der Waals surface area contributed by atoms with Crippen LogP contribution in [0.3, 0.4) is 0 Å². The first kappa shape index (κ1) is 17.2. The average Bonchev–Trinajstić information content (AvgIpc) is 2.52. The van der Waals surface area contributed by atoms with E-state index in [1.54, 1.807) is 7.11 Å². The molecule has 0 spiro atoms. The third kappa shape index (κ3) is 6.20. The summed E-state index contributed by atoms with van der Waals surface area (Å²) in [4.78, 5) is 7.77. The Labute approximate surface area is 130 Å². The zero-order valence-electron chi connectivity index (χ0n) is 14.0. The predicted octanol–water partition coefficient (Wildman–Crippen LogP) is 0.324. The van der Waals surface area contributed by atoms with Crippen LogP contribution in [0, 0.1) is 0 Å². The lowest BCUT2D eigenvalue weighted by molar-refractivity contribution is 0.0998. The summed E-state index contributed by atoms with van der Waals surface area (Å²) in [6, 6.07) is 0.725. The lowest BCUT2D eigenvalue weighted by Crippen LogP contribution is -2.51. The van der Waals surface area contributed by atoms with Gasteiger partial charge in [0.05, 0.1) is 6.61 Å². The molecule has 5 nitrogen and oxygen atoms in total. The zero-order chi connectivity index (χ0) is 14.9. The normalized spacial score (nSPS) is 26.3. The van der Waals surface area contributed by atoms with Crippen molar-refractivity contribution >= 4 is 0 Å². The van der Waals surface area contributed by atoms with Gasteiger partial charge in [0.15, 0.2) is 0 Å². The molecule has 1 unspecified atom stereocenters. The Hall–Kier alpha value is -0.200. The van der Waals surface area contributed by atoms with E-state index in [4.69, 9.17) is 4.74 Å². The van der Waals surface area contributed by atoms with Gasteiger partial charge in [0, 0.05) is 65.5 Å². The molecule has 0 aliphatic carbocycles. The molecule has 0 saturated carbocycles. The molecule has 0 aromatic carbocycles. The minimum Gasteiger partial charge on any atom is -0.383 e. The number of likely N-dealkylation sites (N-methyl/N-ethyl adjacent to an activating group) is 1. The van der Waals surface area contributed by atoms with Gasteiger partial charge in [0.2, 0.25) is 0 Å². The molecule has 0 amide bonds. The van der Waals surface area contributed by atoms with Crippen molar-refractivity contribution in [3.63, 3.8) is 0 Å². The molecule has 0 aromatic rings. The highest BCUT2D eigenvalue weighted by Gasteiger charge is 2.23. The molecule has 0 aromatic heterocycles. The summed E-state index contributed by atoms with van der Waals surface area (Å²) in [6.45, 7) is 11.6. The van der Waals surface area contributed by atoms with Gasteiger partial charge in [-0.1, -0.05) is 6.42 Å². The lowest BCUT2D eigenvalue weighted by Gasteiger charge is -2.38. The maximum Gasteiger partial charge on any atom is 0.0587 e. The quantitative estimate of drug-likeness (QED) is 0.653. The number of ether oxygens (including phenoxy) is 1. The molecule has 1 N–H and O–H groups in total. The van der Waals surface area contributed by atoms with Crippen molar-refractivity contribution in [3.05, 3.63) is 0 Å². The van der Waals surface area contributed by atoms with E-state index in [0.29, 0.717) is 0 Å². The number of hydrogen-bond acceptors (Lipinski definition) is 5. The second kappa shape index (κ2) is 9.74. The van der Waals surface area contributed by atoms with E-state index in [-0.39, 0.29) is 0 Å². The van der Waals surface area contributed by atoms with Crippen LogP contribution >= 0.6 is 0 Å². The smallest absolute Gasteiger partial charge is 0.0587 e. The fraction of sp³-hybridized carbons (Fsp3) is 1.00. The van der Waals surface area contributed by atoms with E-state index in [1.807, 2.05) is 0 Å². The summed E-state index contributed by atoms with van der Waals surface area (Å²) in [6.07, 6.45) is 4.11. The second-order valence-electron chi connectivity index (χ2n) is 6.53. The monoisotopic (exact) mass is 298 g/mol. The number of piperidine rings is 1. The van der Waals surface area contributed by atoms with Gasteiger partial charge in [-0.25, -0.2) is 0 Å². The van der Waals surface area contributed by atoms with Gasteiger partial charge >= 0.3 is 0 Å². The molecule has 2 fully saturated rings. The summed E-state index contributed by atoms with van der Waals surface area (Å²) in [7, 11) is 3.99. The summed E-state index contributed by atoms with van der Waals surface area (Å²) in [5, 5.41) is 3.54. The van der Waals surface area contributed by atoms with Gasteiger partial charge in [0.1, 0.15) is 0 Å². The van der Waals surface area contributed by atoms with Crippen molar-refractivity contribution < 1.29 is 4.74 Å². The third-order valence-electron chi connectivity index (χ3n) is 4.91. The number of nitrogens with zero attached hydrogens (tertiary/aromatic N) is 3. The van der Waals surface area contributed by atoms with Gasteiger partial charge in [-0.2, -0.15) is 0 Å². The minimum atomic E-state index is 0.725. The van der Waals surface area contributed by atoms with Crippen LogP contribution in [0.5, 0.6) is 0 Å². The van der Waals surface area contributed by atoms with Crippen molar-refractivity contribution in [2.75, 3.05) is 79.7 Å². The number of nitrogens with one attached hydrogen (secondary N) is 1. The number of likely N-dealkylation sites (tertiary alicyclic amines) is 1. The highest BCUT2D eigenvalue weighted by atomic mass is 16.5. The van der Waals surface area contributed by atoms with Gasteiger partial charge in [0.25, 0.3) is 0 Å². The van der Waals surface area contributed by atoms with Crippen molar-refractivity contribution in [2.24, 2.45) is 0 Å². The van der Waals surface area contributed by atoms with Crippen molar-refractivity contribution in [1.82, 2.24) is 20.0 Å². The van der Waals surface area contributed by atoms with Crippen molar-refractivity contribution in [1.29, 1.82) is 0 Å². The summed E-state index contributed by atoms with van der Waals surface area (Å²) < 4.78 is 5.11. The Bertz CT molecular complexity index is 269. The van der Waals surface area contributed by atoms with Gasteiger partial charge < -0.3 is 15.0 Å². The molecule has 2 heterocycles. The van der Waals surface area contributed by atoms with Crippen LogP contribution in [0.4, 0.5) is 0 Å². The van der Waals surface area contributed by atoms with Gasteiger partial charge in [-0.15, -0.1) is 0 Å². The van der Waals surface area contributed by atoms with E-state index >= 15 is 0 Å². The molecule has 2 rings (SSSR count). The van der Waals surface area contributed by atoms with E-state index in [9.17, 15) is 0 Å². The molecule has 0 radical (unpaired) electrons. The van der Waals surface area contributed by atoms with Crippen molar-refractivity contribution in [3.8, 4) is 0 Å². The number of piperazine rings is 1. The van der Waals surface area contributed by atoms with E-state index in [2.05, 4.69) is 27.1 Å². The molecule has 1 atom stereocenters. The fourth-order valence-electron chi connectivity index (χ4n) is 3.37. The highest BCUT2D eigenvalue weighted by Crippen LogP contribution is 2.16. The van der Waals surface area contributed by atoms with Gasteiger partial charge in [-0.05, 0) is 26.4 Å². The summed E-state index contributed by atoms with van der Waals surface area (Å²) >= 11 is 0. The maximum absolute atomic E-state index is 5.11. The Balaban J connectivity index is 1.66. The molecular weight excluding hydrogens is 264 g/mol. The highest BCUT2D eigenvalue weighted by molar-refractivity contribution is 4.80. The number of hydrogen-bond donors (Lipinski definition) is 1. The van der Waals surface area contributed by atoms with Crippen LogP contribution in [0.2, 0.25) is 0 Å². The molecule has 2 aliphatic heterocycles. The van der Waals surface area contributed by atoms with Crippen LogP contribution in [0.25, 0.3) is 0 Å². The molecule has 0 bridgehead atoms. The Morgan fingerprint density at radius 1 is 1.05 bits per heavy atom. The average molecular weight is 298 g/mol. The standard InChI is InChI=1S/C16H34N4O/c1-18-8-10-19(11-9-18)12-13-20-7-4-3-5-16(20)15-17-6-14-21-2/h16-17H,3-15H2,1-2H3. The Morgan fingerprint density at radius 2 is 1.86 bits per heavy atom. The number of methoxy groups -OCH3 is 1. The summed E-state index contributed by atoms with van der Waals surface area (Å²) in [5.41, 5.74) is 0. The molecule has 21 heavy (non-hydrogen) atoms. The maximum atomic E-state index is 5.11. The van der Waals surface area contributed by atoms with Crippen LogP contribution in [-0.2, 0) is 4.74 Å². The zero-order valence-corrected chi connectivity index (χ0v) is 14.0. The first-order valence-corrected chi connectivity index (χ1v) is 8.64. The summed E-state index contributed by atoms with van der Waals surface area (Å²) in [5.74, 6) is 0. The second-order valence-corrected chi connectivity index (χ2v) is 6.53. The van der Waals surface area contributed by atoms with Crippen LogP contribution in [0.15, 0.2) is 0 Å². The fourth-order valence-corrected chi connectivity index (χ4v) is 3.37.